The minimum atomic E-state index is 0.0624. The average Bonchev–Trinajstić information content (AvgIpc) is 2.76. The number of rotatable bonds is 4. The number of nitrogens with one attached hydrogen (secondary N) is 1. The third-order valence-electron chi connectivity index (χ3n) is 4.00. The van der Waals surface area contributed by atoms with Gasteiger partial charge in [-0.05, 0) is 32.9 Å². The van der Waals surface area contributed by atoms with Crippen molar-refractivity contribution in [2.24, 2.45) is 0 Å². The molecule has 1 aliphatic rings. The molecule has 0 spiro atoms. The van der Waals surface area contributed by atoms with E-state index in [4.69, 9.17) is 14.2 Å². The summed E-state index contributed by atoms with van der Waals surface area (Å²) in [7, 11) is 4.99. The first-order chi connectivity index (χ1) is 9.03. The lowest BCUT2D eigenvalue weighted by molar-refractivity contribution is 0.341. The van der Waals surface area contributed by atoms with Crippen LogP contribution in [0.3, 0.4) is 0 Å². The molecule has 0 aliphatic carbocycles. The molecular formula is C15H23NO3. The van der Waals surface area contributed by atoms with Gasteiger partial charge in [0.05, 0.1) is 21.3 Å². The second kappa shape index (κ2) is 5.29. The maximum Gasteiger partial charge on any atom is 0.164 e. The van der Waals surface area contributed by atoms with Crippen molar-refractivity contribution in [1.82, 2.24) is 5.32 Å². The molecule has 0 saturated carbocycles. The van der Waals surface area contributed by atoms with E-state index in [1.54, 1.807) is 21.3 Å². The van der Waals surface area contributed by atoms with Crippen molar-refractivity contribution in [1.29, 1.82) is 0 Å². The maximum atomic E-state index is 5.53. The van der Waals surface area contributed by atoms with Crippen LogP contribution in [0.15, 0.2) is 12.1 Å². The molecule has 1 heterocycles. The van der Waals surface area contributed by atoms with Gasteiger partial charge in [0.25, 0.3) is 0 Å². The summed E-state index contributed by atoms with van der Waals surface area (Å²) in [6.45, 7) is 5.47. The highest BCUT2D eigenvalue weighted by atomic mass is 16.5. The predicted molar refractivity (Wildman–Crippen MR) is 75.5 cm³/mol. The molecule has 106 valence electrons. The summed E-state index contributed by atoms with van der Waals surface area (Å²) in [6.07, 6.45) is 1.10. The predicted octanol–water partition coefficient (Wildman–Crippen LogP) is 2.57. The molecule has 0 bridgehead atoms. The summed E-state index contributed by atoms with van der Waals surface area (Å²) in [5.41, 5.74) is 1.24. The summed E-state index contributed by atoms with van der Waals surface area (Å²) < 4.78 is 16.3. The SMILES string of the molecule is COc1cc(OC)c(C2CCNC2(C)C)cc1OC. The summed E-state index contributed by atoms with van der Waals surface area (Å²) in [5, 5.41) is 3.53. The first kappa shape index (κ1) is 14.0. The van der Waals surface area contributed by atoms with Gasteiger partial charge < -0.3 is 19.5 Å². The highest BCUT2D eigenvalue weighted by molar-refractivity contribution is 5.53. The standard InChI is InChI=1S/C15H23NO3/c1-15(2)11(6-7-16-15)10-8-13(18-4)14(19-5)9-12(10)17-3/h8-9,11,16H,6-7H2,1-5H3. The van der Waals surface area contributed by atoms with E-state index in [0.29, 0.717) is 11.7 Å². The molecule has 4 nitrogen and oxygen atoms in total. The van der Waals surface area contributed by atoms with Gasteiger partial charge in [-0.2, -0.15) is 0 Å². The Hall–Kier alpha value is -1.42. The van der Waals surface area contributed by atoms with Crippen LogP contribution in [-0.2, 0) is 0 Å². The van der Waals surface area contributed by atoms with Gasteiger partial charge in [-0.3, -0.25) is 0 Å². The smallest absolute Gasteiger partial charge is 0.164 e. The molecule has 1 aromatic carbocycles. The van der Waals surface area contributed by atoms with E-state index in [1.807, 2.05) is 12.1 Å². The zero-order chi connectivity index (χ0) is 14.0. The Labute approximate surface area is 115 Å². The molecule has 4 heteroatoms. The third kappa shape index (κ3) is 2.50. The van der Waals surface area contributed by atoms with Gasteiger partial charge in [0, 0.05) is 23.1 Å². The monoisotopic (exact) mass is 265 g/mol. The van der Waals surface area contributed by atoms with Crippen molar-refractivity contribution >= 4 is 0 Å². The highest BCUT2D eigenvalue weighted by Gasteiger charge is 2.37. The first-order valence-corrected chi connectivity index (χ1v) is 6.58. The van der Waals surface area contributed by atoms with Crippen LogP contribution < -0.4 is 19.5 Å². The van der Waals surface area contributed by atoms with Crippen LogP contribution in [0.1, 0.15) is 31.7 Å². The minimum Gasteiger partial charge on any atom is -0.496 e. The van der Waals surface area contributed by atoms with Crippen LogP contribution >= 0.6 is 0 Å². The van der Waals surface area contributed by atoms with Gasteiger partial charge in [0.1, 0.15) is 5.75 Å². The Kier molecular flexibility index (Phi) is 3.90. The lowest BCUT2D eigenvalue weighted by Gasteiger charge is -2.29. The van der Waals surface area contributed by atoms with Gasteiger partial charge in [-0.1, -0.05) is 0 Å². The van der Waals surface area contributed by atoms with Crippen molar-refractivity contribution in [2.75, 3.05) is 27.9 Å². The zero-order valence-electron chi connectivity index (χ0n) is 12.4. The van der Waals surface area contributed by atoms with Crippen LogP contribution in [0.25, 0.3) is 0 Å². The van der Waals surface area contributed by atoms with E-state index >= 15 is 0 Å². The molecule has 1 aliphatic heterocycles. The van der Waals surface area contributed by atoms with Crippen molar-refractivity contribution in [3.05, 3.63) is 17.7 Å². The van der Waals surface area contributed by atoms with Crippen LogP contribution in [0.5, 0.6) is 17.2 Å². The third-order valence-corrected chi connectivity index (χ3v) is 4.00. The molecule has 1 fully saturated rings. The normalized spacial score (nSPS) is 21.2. The van der Waals surface area contributed by atoms with Gasteiger partial charge in [0.15, 0.2) is 11.5 Å². The highest BCUT2D eigenvalue weighted by Crippen LogP contribution is 2.44. The summed E-state index contributed by atoms with van der Waals surface area (Å²) in [5.74, 6) is 2.72. The Morgan fingerprint density at radius 2 is 1.58 bits per heavy atom. The first-order valence-electron chi connectivity index (χ1n) is 6.58. The molecule has 2 rings (SSSR count). The average molecular weight is 265 g/mol. The fourth-order valence-electron chi connectivity index (χ4n) is 2.89. The molecule has 1 saturated heterocycles. The fourth-order valence-corrected chi connectivity index (χ4v) is 2.89. The van der Waals surface area contributed by atoms with Crippen LogP contribution in [0.4, 0.5) is 0 Å². The number of hydrogen-bond donors (Lipinski definition) is 1. The zero-order valence-corrected chi connectivity index (χ0v) is 12.4. The van der Waals surface area contributed by atoms with E-state index in [0.717, 1.165) is 24.5 Å². The molecule has 1 unspecified atom stereocenters. The molecule has 0 aromatic heterocycles. The summed E-state index contributed by atoms with van der Waals surface area (Å²) >= 11 is 0. The largest absolute Gasteiger partial charge is 0.496 e. The molecule has 1 atom stereocenters. The van der Waals surface area contributed by atoms with Crippen LogP contribution in [0, 0.1) is 0 Å². The van der Waals surface area contributed by atoms with Gasteiger partial charge in [0.2, 0.25) is 0 Å². The van der Waals surface area contributed by atoms with E-state index in [1.165, 1.54) is 5.56 Å². The van der Waals surface area contributed by atoms with E-state index < -0.39 is 0 Å². The van der Waals surface area contributed by atoms with E-state index in [-0.39, 0.29) is 5.54 Å². The van der Waals surface area contributed by atoms with Crippen molar-refractivity contribution < 1.29 is 14.2 Å². The van der Waals surface area contributed by atoms with Crippen LogP contribution in [0.2, 0.25) is 0 Å². The fraction of sp³-hybridized carbons (Fsp3) is 0.600. The Morgan fingerprint density at radius 1 is 1.00 bits per heavy atom. The van der Waals surface area contributed by atoms with E-state index in [9.17, 15) is 0 Å². The number of benzene rings is 1. The molecular weight excluding hydrogens is 242 g/mol. The van der Waals surface area contributed by atoms with Crippen molar-refractivity contribution in [3.8, 4) is 17.2 Å². The molecule has 19 heavy (non-hydrogen) atoms. The van der Waals surface area contributed by atoms with Crippen LogP contribution in [-0.4, -0.2) is 33.4 Å². The number of methoxy groups -OCH3 is 3. The van der Waals surface area contributed by atoms with Gasteiger partial charge in [-0.15, -0.1) is 0 Å². The van der Waals surface area contributed by atoms with Gasteiger partial charge in [-0.25, -0.2) is 0 Å². The van der Waals surface area contributed by atoms with Crippen molar-refractivity contribution in [2.45, 2.75) is 31.7 Å². The number of hydrogen-bond acceptors (Lipinski definition) is 4. The summed E-state index contributed by atoms with van der Waals surface area (Å²) in [4.78, 5) is 0. The minimum absolute atomic E-state index is 0.0624. The Bertz CT molecular complexity index is 457. The topological polar surface area (TPSA) is 39.7 Å². The molecule has 0 amide bonds. The number of ether oxygens (including phenoxy) is 3. The second-order valence-electron chi connectivity index (χ2n) is 5.44. The summed E-state index contributed by atoms with van der Waals surface area (Å²) in [6, 6.07) is 3.94. The lowest BCUT2D eigenvalue weighted by Crippen LogP contribution is -2.37. The molecule has 1 aromatic rings. The Balaban J connectivity index is 2.49. The molecule has 1 N–H and O–H groups in total. The molecule has 0 radical (unpaired) electrons. The van der Waals surface area contributed by atoms with Gasteiger partial charge >= 0.3 is 0 Å². The Morgan fingerprint density at radius 3 is 2.05 bits per heavy atom. The van der Waals surface area contributed by atoms with E-state index in [2.05, 4.69) is 19.2 Å². The van der Waals surface area contributed by atoms with Crippen molar-refractivity contribution in [3.63, 3.8) is 0 Å². The quantitative estimate of drug-likeness (QED) is 0.908. The lowest BCUT2D eigenvalue weighted by atomic mass is 9.82. The maximum absolute atomic E-state index is 5.53. The second-order valence-corrected chi connectivity index (χ2v) is 5.44.